The highest BCUT2D eigenvalue weighted by atomic mass is 32.2. The van der Waals surface area contributed by atoms with Crippen LogP contribution in [0.3, 0.4) is 0 Å². The number of nitrogens with zero attached hydrogens (tertiary/aromatic N) is 1. The van der Waals surface area contributed by atoms with Crippen molar-refractivity contribution in [3.8, 4) is 0 Å². The maximum Gasteiger partial charge on any atom is 0.261 e. The zero-order chi connectivity index (χ0) is 26.9. The fourth-order valence-electron chi connectivity index (χ4n) is 4.51. The molecule has 4 aromatic carbocycles. The van der Waals surface area contributed by atoms with E-state index in [1.54, 1.807) is 36.4 Å². The Balaban J connectivity index is 1.25. The number of para-hydroxylation sites is 1. The first-order valence-corrected chi connectivity index (χ1v) is 14.8. The van der Waals surface area contributed by atoms with Crippen LogP contribution in [0, 0.1) is 6.92 Å². The van der Waals surface area contributed by atoms with Crippen molar-refractivity contribution in [2.24, 2.45) is 0 Å². The van der Waals surface area contributed by atoms with Gasteiger partial charge in [-0.25, -0.2) is 8.42 Å². The molecule has 1 amide bonds. The van der Waals surface area contributed by atoms with Crippen molar-refractivity contribution in [1.29, 1.82) is 0 Å². The van der Waals surface area contributed by atoms with Crippen molar-refractivity contribution >= 4 is 60.9 Å². The van der Waals surface area contributed by atoms with Gasteiger partial charge in [-0.05, 0) is 81.4 Å². The van der Waals surface area contributed by atoms with E-state index in [1.807, 2.05) is 50.2 Å². The number of benzene rings is 4. The molecule has 1 unspecified atom stereocenters. The highest BCUT2D eigenvalue weighted by Crippen LogP contribution is 2.32. The third-order valence-electron chi connectivity index (χ3n) is 6.48. The van der Waals surface area contributed by atoms with Gasteiger partial charge in [-0.3, -0.25) is 9.52 Å². The highest BCUT2D eigenvalue weighted by Gasteiger charge is 2.17. The van der Waals surface area contributed by atoms with E-state index >= 15 is 0 Å². The van der Waals surface area contributed by atoms with E-state index in [9.17, 15) is 13.2 Å². The second-order valence-electron chi connectivity index (χ2n) is 9.19. The molecule has 0 saturated carbocycles. The van der Waals surface area contributed by atoms with Crippen LogP contribution < -0.4 is 10.0 Å². The van der Waals surface area contributed by atoms with Crippen LogP contribution in [-0.4, -0.2) is 24.1 Å². The third-order valence-corrected chi connectivity index (χ3v) is 8.99. The summed E-state index contributed by atoms with van der Waals surface area (Å²) >= 11 is 1.42. The molecule has 0 bridgehead atoms. The molecular weight excluding hydrogens is 514 g/mol. The number of rotatable bonds is 8. The van der Waals surface area contributed by atoms with Crippen LogP contribution >= 0.6 is 11.8 Å². The van der Waals surface area contributed by atoms with Crippen LogP contribution in [0.25, 0.3) is 21.8 Å². The van der Waals surface area contributed by atoms with Gasteiger partial charge in [0.25, 0.3) is 10.0 Å². The number of carbonyl (C=O) groups is 1. The van der Waals surface area contributed by atoms with Crippen molar-refractivity contribution in [2.45, 2.75) is 42.4 Å². The number of aryl methyl sites for hydroxylation is 2. The van der Waals surface area contributed by atoms with Crippen molar-refractivity contribution in [2.75, 3.05) is 10.0 Å². The monoisotopic (exact) mass is 543 g/mol. The lowest BCUT2D eigenvalue weighted by Gasteiger charge is -2.13. The Morgan fingerprint density at radius 3 is 2.24 bits per heavy atom. The SMILES string of the molecule is CCn1c2ccccc2c2cc(NC(=O)C(C)Sc3ccc(NS(=O)(=O)c4ccc(C)cc4)cc3)ccc21. The molecule has 0 aliphatic carbocycles. The molecule has 0 radical (unpaired) electrons. The summed E-state index contributed by atoms with van der Waals surface area (Å²) in [4.78, 5) is 14.1. The molecule has 5 aromatic rings. The Bertz CT molecular complexity index is 1730. The predicted molar refractivity (Wildman–Crippen MR) is 157 cm³/mol. The first-order valence-electron chi connectivity index (χ1n) is 12.4. The molecule has 8 heteroatoms. The molecule has 0 spiro atoms. The summed E-state index contributed by atoms with van der Waals surface area (Å²) in [7, 11) is -3.67. The fourth-order valence-corrected chi connectivity index (χ4v) is 6.43. The van der Waals surface area contributed by atoms with E-state index in [-0.39, 0.29) is 16.1 Å². The van der Waals surface area contributed by atoms with E-state index in [0.717, 1.165) is 33.6 Å². The van der Waals surface area contributed by atoms with Crippen molar-refractivity contribution in [3.05, 3.63) is 96.6 Å². The summed E-state index contributed by atoms with van der Waals surface area (Å²) in [5.74, 6) is -0.0993. The number of anilines is 2. The van der Waals surface area contributed by atoms with Gasteiger partial charge in [0.1, 0.15) is 0 Å². The second kappa shape index (κ2) is 10.6. The largest absolute Gasteiger partial charge is 0.341 e. The van der Waals surface area contributed by atoms with Crippen molar-refractivity contribution in [3.63, 3.8) is 0 Å². The Hall–Kier alpha value is -3.75. The maximum atomic E-state index is 13.0. The van der Waals surface area contributed by atoms with Gasteiger partial charge in [0, 0.05) is 44.6 Å². The molecule has 6 nitrogen and oxygen atoms in total. The number of hydrogen-bond acceptors (Lipinski definition) is 4. The van der Waals surface area contributed by atoms with Gasteiger partial charge < -0.3 is 9.88 Å². The lowest BCUT2D eigenvalue weighted by molar-refractivity contribution is -0.115. The Morgan fingerprint density at radius 2 is 1.53 bits per heavy atom. The van der Waals surface area contributed by atoms with E-state index in [2.05, 4.69) is 39.7 Å². The number of nitrogens with one attached hydrogen (secondary N) is 2. The van der Waals surface area contributed by atoms with Gasteiger partial charge in [0.2, 0.25) is 5.91 Å². The molecule has 1 aromatic heterocycles. The van der Waals surface area contributed by atoms with Gasteiger partial charge in [0.05, 0.1) is 10.1 Å². The van der Waals surface area contributed by atoms with E-state index in [0.29, 0.717) is 5.69 Å². The first-order chi connectivity index (χ1) is 18.2. The number of sulfonamides is 1. The van der Waals surface area contributed by atoms with Crippen LogP contribution in [0.4, 0.5) is 11.4 Å². The molecule has 0 aliphatic rings. The molecule has 0 aliphatic heterocycles. The minimum atomic E-state index is -3.67. The number of aromatic nitrogens is 1. The number of thioether (sulfide) groups is 1. The maximum absolute atomic E-state index is 13.0. The van der Waals surface area contributed by atoms with Crippen LogP contribution in [0.5, 0.6) is 0 Å². The number of hydrogen-bond donors (Lipinski definition) is 2. The number of fused-ring (bicyclic) bond motifs is 3. The fraction of sp³-hybridized carbons (Fsp3) is 0.167. The Morgan fingerprint density at radius 1 is 0.868 bits per heavy atom. The normalized spacial score (nSPS) is 12.5. The molecule has 0 saturated heterocycles. The molecule has 38 heavy (non-hydrogen) atoms. The van der Waals surface area contributed by atoms with Gasteiger partial charge in [-0.1, -0.05) is 35.9 Å². The minimum Gasteiger partial charge on any atom is -0.341 e. The summed E-state index contributed by atoms with van der Waals surface area (Å²) in [6.45, 7) is 6.77. The second-order valence-corrected chi connectivity index (χ2v) is 12.3. The zero-order valence-corrected chi connectivity index (χ0v) is 23.1. The Kier molecular flexibility index (Phi) is 7.19. The lowest BCUT2D eigenvalue weighted by atomic mass is 10.1. The summed E-state index contributed by atoms with van der Waals surface area (Å²) in [5, 5.41) is 4.98. The summed E-state index contributed by atoms with van der Waals surface area (Å²) in [6.07, 6.45) is 0. The van der Waals surface area contributed by atoms with Crippen molar-refractivity contribution < 1.29 is 13.2 Å². The smallest absolute Gasteiger partial charge is 0.261 e. The summed E-state index contributed by atoms with van der Waals surface area (Å²) < 4.78 is 30.2. The summed E-state index contributed by atoms with van der Waals surface area (Å²) in [6, 6.07) is 28.1. The molecule has 5 rings (SSSR count). The average Bonchev–Trinajstić information content (AvgIpc) is 3.23. The molecule has 0 fully saturated rings. The van der Waals surface area contributed by atoms with Crippen LogP contribution in [0.1, 0.15) is 19.4 Å². The molecular formula is C30H29N3O3S2. The van der Waals surface area contributed by atoms with Crippen LogP contribution in [-0.2, 0) is 21.4 Å². The van der Waals surface area contributed by atoms with E-state index in [4.69, 9.17) is 0 Å². The standard InChI is InChI=1S/C30H29N3O3S2/c1-4-33-28-8-6-5-7-26(28)27-19-23(13-18-29(27)33)31-30(34)21(3)37-24-14-11-22(12-15-24)32-38(35,36)25-16-9-20(2)10-17-25/h5-19,21,32H,4H2,1-3H3,(H,31,34). The Labute approximate surface area is 227 Å². The summed E-state index contributed by atoms with van der Waals surface area (Å²) in [5.41, 5.74) is 4.55. The molecule has 1 atom stereocenters. The number of amides is 1. The third kappa shape index (κ3) is 5.28. The topological polar surface area (TPSA) is 80.2 Å². The predicted octanol–water partition coefficient (Wildman–Crippen LogP) is 7.04. The van der Waals surface area contributed by atoms with Crippen LogP contribution in [0.15, 0.2) is 101 Å². The van der Waals surface area contributed by atoms with Gasteiger partial charge in [0.15, 0.2) is 0 Å². The van der Waals surface area contributed by atoms with Gasteiger partial charge in [-0.2, -0.15) is 0 Å². The average molecular weight is 544 g/mol. The first kappa shape index (κ1) is 25.9. The number of carbonyl (C=O) groups excluding carboxylic acids is 1. The van der Waals surface area contributed by atoms with E-state index < -0.39 is 10.0 Å². The molecule has 2 N–H and O–H groups in total. The minimum absolute atomic E-state index is 0.0993. The van der Waals surface area contributed by atoms with E-state index in [1.165, 1.54) is 22.7 Å². The van der Waals surface area contributed by atoms with Crippen LogP contribution in [0.2, 0.25) is 0 Å². The highest BCUT2D eigenvalue weighted by molar-refractivity contribution is 8.00. The van der Waals surface area contributed by atoms with Gasteiger partial charge in [-0.15, -0.1) is 11.8 Å². The zero-order valence-electron chi connectivity index (χ0n) is 21.4. The molecule has 1 heterocycles. The van der Waals surface area contributed by atoms with Crippen molar-refractivity contribution in [1.82, 2.24) is 4.57 Å². The van der Waals surface area contributed by atoms with Gasteiger partial charge >= 0.3 is 0 Å². The lowest BCUT2D eigenvalue weighted by Crippen LogP contribution is -2.22. The quantitative estimate of drug-likeness (QED) is 0.206. The molecule has 194 valence electrons.